The predicted molar refractivity (Wildman–Crippen MR) is 62.8 cm³/mol. The molecule has 0 aromatic carbocycles. The third-order valence-electron chi connectivity index (χ3n) is 0.572. The summed E-state index contributed by atoms with van der Waals surface area (Å²) in [7, 11) is 0. The summed E-state index contributed by atoms with van der Waals surface area (Å²) in [6, 6.07) is 0. The molecule has 0 N–H and O–H groups in total. The first-order valence-corrected chi connectivity index (χ1v) is 4.06. The molecule has 0 aliphatic rings. The molecule has 0 aromatic heterocycles. The molecule has 0 radical (unpaired) electrons. The molecule has 0 rings (SSSR count). The Morgan fingerprint density at radius 3 is 1.57 bits per heavy atom. The van der Waals surface area contributed by atoms with E-state index in [0.717, 1.165) is 0 Å². The zero-order valence-corrected chi connectivity index (χ0v) is 12.5. The first-order valence-electron chi connectivity index (χ1n) is 4.06. The fourth-order valence-electron chi connectivity index (χ4n) is 0.231. The molecule has 14 heavy (non-hydrogen) atoms. The summed E-state index contributed by atoms with van der Waals surface area (Å²) < 4.78 is 0. The number of nitrogens with zero attached hydrogens (tertiary/aromatic N) is 1. The van der Waals surface area contributed by atoms with Crippen LogP contribution in [0.15, 0.2) is 11.2 Å². The molecule has 0 spiro atoms. The predicted octanol–water partition coefficient (Wildman–Crippen LogP) is 4.18. The van der Waals surface area contributed by atoms with Crippen LogP contribution in [-0.2, 0) is 32.7 Å². The van der Waals surface area contributed by atoms with Crippen LogP contribution >= 0.6 is 0 Å². The summed E-state index contributed by atoms with van der Waals surface area (Å²) in [5.74, 6) is 1.42. The summed E-state index contributed by atoms with van der Waals surface area (Å²) in [4.78, 5) is 3.28. The van der Waals surface area contributed by atoms with Gasteiger partial charge in [0.25, 0.3) is 0 Å². The number of hydrogen-bond acceptors (Lipinski definition) is 1. The number of hydrogen-bond donors (Lipinski definition) is 0. The smallest absolute Gasteiger partial charge is 0.578 e. The van der Waals surface area contributed by atoms with Crippen molar-refractivity contribution < 1.29 is 32.7 Å². The van der Waals surface area contributed by atoms with Crippen LogP contribution in [0.4, 0.5) is 0 Å². The number of aliphatic imine (C=N–C) groups is 1. The Morgan fingerprint density at radius 1 is 1.21 bits per heavy atom. The van der Waals surface area contributed by atoms with Crippen molar-refractivity contribution in [3.8, 4) is 0 Å². The second-order valence-electron chi connectivity index (χ2n) is 4.17. The average molecular weight is 271 g/mol. The normalized spacial score (nSPS) is 9.64. The Hall–Kier alpha value is 0.514. The molecule has 0 fully saturated rings. The Labute approximate surface area is 116 Å². The van der Waals surface area contributed by atoms with E-state index >= 15 is 0 Å². The molecule has 0 saturated heterocycles. The van der Waals surface area contributed by atoms with E-state index in [9.17, 15) is 0 Å². The summed E-state index contributed by atoms with van der Waals surface area (Å²) >= 11 is 0. The molecule has 0 aromatic rings. The zero-order valence-electron chi connectivity index (χ0n) is 9.68. The molecule has 2 heteroatoms. The molecule has 0 heterocycles. The van der Waals surface area contributed by atoms with Crippen molar-refractivity contribution in [3.63, 3.8) is 0 Å². The van der Waals surface area contributed by atoms with Crippen LogP contribution in [0.3, 0.4) is 0 Å². The Balaban J connectivity index is -0.0000000733. The Kier molecular flexibility index (Phi) is 23.1. The number of rotatable bonds is 1. The maximum Gasteiger partial charge on any atom is 3.00 e. The topological polar surface area (TPSA) is 12.4 Å². The van der Waals surface area contributed by atoms with Gasteiger partial charge in [0.05, 0.1) is 0 Å². The Morgan fingerprint density at radius 2 is 1.50 bits per heavy atom. The molecule has 1 nitrogen and oxygen atoms in total. The van der Waals surface area contributed by atoms with Crippen LogP contribution in [0.2, 0.25) is 0 Å². The van der Waals surface area contributed by atoms with Gasteiger partial charge in [-0.2, -0.15) is 32.9 Å². The fourth-order valence-corrected chi connectivity index (χ4v) is 0.231. The van der Waals surface area contributed by atoms with Crippen molar-refractivity contribution in [1.29, 1.82) is 0 Å². The van der Waals surface area contributed by atoms with Crippen LogP contribution in [0.1, 0.15) is 49.0 Å². The Bertz CT molecular complexity index is 129. The third kappa shape index (κ3) is 54.6. The van der Waals surface area contributed by atoms with Crippen LogP contribution in [-0.4, -0.2) is 6.72 Å². The minimum atomic E-state index is 0. The van der Waals surface area contributed by atoms with Gasteiger partial charge in [0.2, 0.25) is 0 Å². The van der Waals surface area contributed by atoms with Gasteiger partial charge < -0.3 is 23.2 Å². The van der Waals surface area contributed by atoms with E-state index in [4.69, 9.17) is 6.72 Å². The van der Waals surface area contributed by atoms with Gasteiger partial charge in [-0.05, 0) is 0 Å². The zero-order chi connectivity index (χ0) is 10.2. The summed E-state index contributed by atoms with van der Waals surface area (Å²) in [5.41, 5.74) is 0.0723. The van der Waals surface area contributed by atoms with Gasteiger partial charge in [0.15, 0.2) is 0 Å². The first kappa shape index (κ1) is 24.0. The van der Waals surface area contributed by atoms with E-state index < -0.39 is 0 Å². The van der Waals surface area contributed by atoms with Gasteiger partial charge in [0, 0.05) is 0 Å². The van der Waals surface area contributed by atoms with Gasteiger partial charge in [0.1, 0.15) is 0 Å². The molecular formula is C12H24NY. The quantitative estimate of drug-likeness (QED) is 0.501. The molecule has 0 amide bonds. The second kappa shape index (κ2) is 13.5. The summed E-state index contributed by atoms with van der Waals surface area (Å²) in [6.07, 6.45) is 4.44. The molecule has 0 saturated carbocycles. The van der Waals surface area contributed by atoms with Crippen molar-refractivity contribution in [2.24, 2.45) is 10.4 Å². The minimum Gasteiger partial charge on any atom is -0.578 e. The first-order chi connectivity index (χ1) is 5.29. The SMILES string of the molecule is C.C[C-](C)C.[CH-]=NC=[C-]C(C)(C)C.[Y+3]. The van der Waals surface area contributed by atoms with E-state index in [-0.39, 0.29) is 45.6 Å². The maximum atomic E-state index is 4.84. The minimum absolute atomic E-state index is 0. The van der Waals surface area contributed by atoms with Gasteiger partial charge in [-0.1, -0.05) is 28.2 Å². The van der Waals surface area contributed by atoms with Crippen molar-refractivity contribution in [1.82, 2.24) is 0 Å². The van der Waals surface area contributed by atoms with E-state index in [1.165, 1.54) is 12.1 Å². The van der Waals surface area contributed by atoms with Gasteiger partial charge in [-0.15, -0.1) is 0 Å². The van der Waals surface area contributed by atoms with Gasteiger partial charge in [-0.3, -0.25) is 0 Å². The fraction of sp³-hybridized carbons (Fsp3) is 0.667. The van der Waals surface area contributed by atoms with E-state index in [1.807, 2.05) is 20.8 Å². The van der Waals surface area contributed by atoms with Gasteiger partial charge >= 0.3 is 32.7 Å². The maximum absolute atomic E-state index is 4.84. The number of allylic oxidation sites excluding steroid dienone is 1. The molecule has 0 bridgehead atoms. The van der Waals surface area contributed by atoms with Crippen molar-refractivity contribution in [2.75, 3.05) is 0 Å². The molecule has 0 aliphatic carbocycles. The largest absolute Gasteiger partial charge is 3.00 e. The average Bonchev–Trinajstić information content (AvgIpc) is 1.80. The van der Waals surface area contributed by atoms with Crippen molar-refractivity contribution in [3.05, 3.63) is 18.2 Å². The van der Waals surface area contributed by atoms with Crippen LogP contribution in [0.25, 0.3) is 0 Å². The van der Waals surface area contributed by atoms with Gasteiger partial charge in [-0.25, -0.2) is 0 Å². The van der Waals surface area contributed by atoms with Crippen LogP contribution in [0.5, 0.6) is 0 Å². The molecule has 0 atom stereocenters. The molecule has 0 unspecified atom stereocenters. The molecular weight excluding hydrogens is 247 g/mol. The van der Waals surface area contributed by atoms with E-state index in [1.54, 1.807) is 0 Å². The van der Waals surface area contributed by atoms with E-state index in [2.05, 4.69) is 31.8 Å². The summed E-state index contributed by atoms with van der Waals surface area (Å²) in [6.45, 7) is 17.2. The summed E-state index contributed by atoms with van der Waals surface area (Å²) in [5, 5.41) is 0. The monoisotopic (exact) mass is 271 g/mol. The van der Waals surface area contributed by atoms with Crippen molar-refractivity contribution >= 4 is 6.72 Å². The van der Waals surface area contributed by atoms with Crippen LogP contribution < -0.4 is 0 Å². The second-order valence-corrected chi connectivity index (χ2v) is 4.17. The standard InChI is InChI=1S/C7H11N.C4H9.CH4.Y/c1-7(2,3)5-6-8-4;1-4(2)3;;/h4,6H,1-3H3;1-3H3;1H4;/q-2;-1;;+3. The third-order valence-corrected chi connectivity index (χ3v) is 0.572. The van der Waals surface area contributed by atoms with E-state index in [0.29, 0.717) is 0 Å². The van der Waals surface area contributed by atoms with Crippen molar-refractivity contribution in [2.45, 2.75) is 49.0 Å². The van der Waals surface area contributed by atoms with Crippen LogP contribution in [0, 0.1) is 17.4 Å². The molecule has 80 valence electrons. The molecule has 0 aliphatic heterocycles.